The third-order valence-electron chi connectivity index (χ3n) is 3.84. The maximum Gasteiger partial charge on any atom is 0.187 e. The van der Waals surface area contributed by atoms with Gasteiger partial charge in [-0.2, -0.15) is 10.6 Å². The molecule has 4 N–H and O–H groups in total. The molecule has 1 aliphatic rings. The van der Waals surface area contributed by atoms with Gasteiger partial charge in [-0.15, -0.1) is 0 Å². The molecule has 7 heteroatoms. The molecular formula is C15H17NO4S2. The Morgan fingerprint density at radius 2 is 1.82 bits per heavy atom. The van der Waals surface area contributed by atoms with Gasteiger partial charge < -0.3 is 5.73 Å². The predicted molar refractivity (Wildman–Crippen MR) is 86.7 cm³/mol. The maximum absolute atomic E-state index is 12.8. The molecule has 0 spiro atoms. The van der Waals surface area contributed by atoms with Crippen LogP contribution < -0.4 is 5.73 Å². The topological polar surface area (TPSA) is 101 Å². The highest BCUT2D eigenvalue weighted by molar-refractivity contribution is 8.25. The molecule has 0 saturated heterocycles. The molecule has 0 saturated carbocycles. The summed E-state index contributed by atoms with van der Waals surface area (Å²) in [6, 6.07) is 13.0. The molecule has 5 nitrogen and oxygen atoms in total. The second-order valence-electron chi connectivity index (χ2n) is 5.26. The van der Waals surface area contributed by atoms with Crippen molar-refractivity contribution in [2.75, 3.05) is 5.75 Å². The quantitative estimate of drug-likeness (QED) is 0.798. The van der Waals surface area contributed by atoms with Gasteiger partial charge in [0, 0.05) is 6.54 Å². The summed E-state index contributed by atoms with van der Waals surface area (Å²) in [6.45, 7) is 0.268. The lowest BCUT2D eigenvalue weighted by Gasteiger charge is -2.27. The Labute approximate surface area is 131 Å². The number of benzene rings is 2. The van der Waals surface area contributed by atoms with Gasteiger partial charge in [-0.05, 0) is 29.3 Å². The van der Waals surface area contributed by atoms with Crippen LogP contribution in [-0.4, -0.2) is 23.3 Å². The minimum Gasteiger partial charge on any atom is -0.326 e. The zero-order valence-corrected chi connectivity index (χ0v) is 13.3. The van der Waals surface area contributed by atoms with E-state index in [1.807, 2.05) is 0 Å². The SMILES string of the molecule is NCc1ccc2c(c1)C(S(=O)(=O)c1ccccc1)CS2(O)O. The number of hydrogen-bond donors (Lipinski definition) is 3. The van der Waals surface area contributed by atoms with E-state index in [1.165, 1.54) is 12.1 Å². The summed E-state index contributed by atoms with van der Waals surface area (Å²) >= 11 is 0. The average Bonchev–Trinajstić information content (AvgIpc) is 2.80. The van der Waals surface area contributed by atoms with Crippen LogP contribution in [0.4, 0.5) is 0 Å². The molecule has 22 heavy (non-hydrogen) atoms. The van der Waals surface area contributed by atoms with Crippen LogP contribution in [0.3, 0.4) is 0 Å². The van der Waals surface area contributed by atoms with Crippen LogP contribution in [0.1, 0.15) is 16.4 Å². The smallest absolute Gasteiger partial charge is 0.187 e. The Morgan fingerprint density at radius 3 is 2.45 bits per heavy atom. The van der Waals surface area contributed by atoms with Gasteiger partial charge >= 0.3 is 0 Å². The summed E-state index contributed by atoms with van der Waals surface area (Å²) < 4.78 is 46.2. The largest absolute Gasteiger partial charge is 0.326 e. The van der Waals surface area contributed by atoms with Gasteiger partial charge in [0.05, 0.1) is 15.5 Å². The zero-order chi connectivity index (χ0) is 16.0. The summed E-state index contributed by atoms with van der Waals surface area (Å²) in [5.41, 5.74) is 6.83. The van der Waals surface area contributed by atoms with E-state index >= 15 is 0 Å². The van der Waals surface area contributed by atoms with Crippen molar-refractivity contribution in [3.05, 3.63) is 59.7 Å². The Balaban J connectivity index is 2.15. The van der Waals surface area contributed by atoms with Crippen LogP contribution >= 0.6 is 10.6 Å². The summed E-state index contributed by atoms with van der Waals surface area (Å²) in [5.74, 6) is -0.201. The van der Waals surface area contributed by atoms with Crippen molar-refractivity contribution < 1.29 is 17.5 Å². The van der Waals surface area contributed by atoms with Crippen LogP contribution in [0.2, 0.25) is 0 Å². The van der Waals surface area contributed by atoms with Gasteiger partial charge in [0.2, 0.25) is 0 Å². The number of rotatable bonds is 3. The highest BCUT2D eigenvalue weighted by Gasteiger charge is 2.43. The minimum atomic E-state index is -3.69. The van der Waals surface area contributed by atoms with E-state index in [9.17, 15) is 17.5 Å². The predicted octanol–water partition coefficient (Wildman–Crippen LogP) is 2.78. The lowest BCUT2D eigenvalue weighted by molar-refractivity contribution is 0.491. The van der Waals surface area contributed by atoms with Gasteiger partial charge in [-0.1, -0.05) is 30.3 Å². The Morgan fingerprint density at radius 1 is 1.14 bits per heavy atom. The van der Waals surface area contributed by atoms with Crippen molar-refractivity contribution in [3.8, 4) is 0 Å². The first-order valence-corrected chi connectivity index (χ1v) is 10.0. The molecule has 2 aromatic carbocycles. The molecule has 1 heterocycles. The molecule has 1 atom stereocenters. The van der Waals surface area contributed by atoms with Crippen LogP contribution in [0.15, 0.2) is 58.3 Å². The first-order valence-electron chi connectivity index (χ1n) is 6.74. The van der Waals surface area contributed by atoms with E-state index in [0.717, 1.165) is 5.56 Å². The molecule has 1 aliphatic heterocycles. The van der Waals surface area contributed by atoms with Crippen molar-refractivity contribution in [3.63, 3.8) is 0 Å². The third kappa shape index (κ3) is 2.45. The standard InChI is InChI=1S/C15H17NO4S2/c16-9-11-6-7-14-13(8-11)15(10-21(14,17)18)22(19,20)12-4-2-1-3-5-12/h1-8,15,17-18H,9-10,16H2. The van der Waals surface area contributed by atoms with Gasteiger partial charge in [0.1, 0.15) is 5.25 Å². The Hall–Kier alpha value is -1.38. The fourth-order valence-corrected chi connectivity index (χ4v) is 7.10. The van der Waals surface area contributed by atoms with E-state index in [0.29, 0.717) is 10.5 Å². The van der Waals surface area contributed by atoms with Crippen LogP contribution in [0, 0.1) is 0 Å². The van der Waals surface area contributed by atoms with E-state index in [4.69, 9.17) is 5.73 Å². The minimum absolute atomic E-state index is 0.182. The Bertz CT molecular complexity index is 804. The van der Waals surface area contributed by atoms with Gasteiger partial charge in [-0.25, -0.2) is 8.42 Å². The van der Waals surface area contributed by atoms with Gasteiger partial charge in [-0.3, -0.25) is 9.11 Å². The van der Waals surface area contributed by atoms with Crippen molar-refractivity contribution >= 4 is 20.4 Å². The first kappa shape index (κ1) is 15.5. The molecule has 1 unspecified atom stereocenters. The van der Waals surface area contributed by atoms with Crippen LogP contribution in [0.5, 0.6) is 0 Å². The molecule has 0 bridgehead atoms. The second-order valence-corrected chi connectivity index (χ2v) is 9.49. The highest BCUT2D eigenvalue weighted by atomic mass is 32.3. The monoisotopic (exact) mass is 339 g/mol. The first-order chi connectivity index (χ1) is 10.4. The highest BCUT2D eigenvalue weighted by Crippen LogP contribution is 2.61. The Kier molecular flexibility index (Phi) is 3.78. The number of fused-ring (bicyclic) bond motifs is 1. The fourth-order valence-electron chi connectivity index (χ4n) is 2.70. The van der Waals surface area contributed by atoms with Crippen molar-refractivity contribution in [1.82, 2.24) is 0 Å². The maximum atomic E-state index is 12.8. The van der Waals surface area contributed by atoms with Crippen LogP contribution in [-0.2, 0) is 16.4 Å². The summed E-state index contributed by atoms with van der Waals surface area (Å²) in [5, 5.41) is -0.957. The summed E-state index contributed by atoms with van der Waals surface area (Å²) in [6.07, 6.45) is 0. The normalized spacial score (nSPS) is 21.3. The number of hydrogen-bond acceptors (Lipinski definition) is 5. The van der Waals surface area contributed by atoms with E-state index in [1.54, 1.807) is 36.4 Å². The average molecular weight is 339 g/mol. The fraction of sp³-hybridized carbons (Fsp3) is 0.200. The molecule has 0 radical (unpaired) electrons. The number of sulfone groups is 1. The van der Waals surface area contributed by atoms with Crippen LogP contribution in [0.25, 0.3) is 0 Å². The molecular weight excluding hydrogens is 322 g/mol. The van der Waals surface area contributed by atoms with Gasteiger partial charge in [0.25, 0.3) is 0 Å². The molecule has 2 aromatic rings. The van der Waals surface area contributed by atoms with Crippen molar-refractivity contribution in [2.45, 2.75) is 21.6 Å². The zero-order valence-electron chi connectivity index (χ0n) is 11.7. The summed E-state index contributed by atoms with van der Waals surface area (Å²) in [4.78, 5) is 0.496. The lowest BCUT2D eigenvalue weighted by Crippen LogP contribution is -2.15. The molecule has 0 aliphatic carbocycles. The van der Waals surface area contributed by atoms with E-state index < -0.39 is 25.7 Å². The van der Waals surface area contributed by atoms with Crippen molar-refractivity contribution in [1.29, 1.82) is 0 Å². The lowest BCUT2D eigenvalue weighted by atomic mass is 10.1. The summed E-state index contributed by atoms with van der Waals surface area (Å²) in [7, 11) is -6.78. The molecule has 0 aromatic heterocycles. The van der Waals surface area contributed by atoms with E-state index in [2.05, 4.69) is 0 Å². The third-order valence-corrected chi connectivity index (χ3v) is 8.02. The molecule has 118 valence electrons. The second kappa shape index (κ2) is 5.36. The molecule has 0 fully saturated rings. The number of nitrogens with two attached hydrogens (primary N) is 1. The molecule has 0 amide bonds. The van der Waals surface area contributed by atoms with E-state index in [-0.39, 0.29) is 17.2 Å². The van der Waals surface area contributed by atoms with Gasteiger partial charge in [0.15, 0.2) is 9.84 Å². The molecule has 3 rings (SSSR count). The van der Waals surface area contributed by atoms with Crippen molar-refractivity contribution in [2.24, 2.45) is 5.73 Å².